The second-order valence-electron chi connectivity index (χ2n) is 5.58. The van der Waals surface area contributed by atoms with Gasteiger partial charge in [0.15, 0.2) is 0 Å². The van der Waals surface area contributed by atoms with E-state index in [2.05, 4.69) is 11.1 Å². The van der Waals surface area contributed by atoms with Gasteiger partial charge < -0.3 is 0 Å². The Bertz CT molecular complexity index is 870. The second kappa shape index (κ2) is 5.55. The monoisotopic (exact) mass is 323 g/mol. The van der Waals surface area contributed by atoms with Gasteiger partial charge in [0.1, 0.15) is 5.01 Å². The van der Waals surface area contributed by atoms with Crippen LogP contribution in [0.1, 0.15) is 24.3 Å². The molecule has 1 fully saturated rings. The highest BCUT2D eigenvalue weighted by molar-refractivity contribution is 7.13. The summed E-state index contributed by atoms with van der Waals surface area (Å²) in [7, 11) is 0. The average Bonchev–Trinajstić information content (AvgIpc) is 3.32. The fraction of sp³-hybridized carbons (Fsp3) is 0.176. The van der Waals surface area contributed by atoms with Crippen LogP contribution in [0.5, 0.6) is 0 Å². The van der Waals surface area contributed by atoms with Gasteiger partial charge in [-0.3, -0.25) is 15.1 Å². The number of pyridine rings is 1. The largest absolute Gasteiger partial charge is 0.269 e. The molecular formula is C17H13N3O2S. The Morgan fingerprint density at radius 2 is 1.96 bits per heavy atom. The summed E-state index contributed by atoms with van der Waals surface area (Å²) in [5, 5.41) is 13.7. The van der Waals surface area contributed by atoms with Crippen molar-refractivity contribution in [1.82, 2.24) is 9.97 Å². The predicted octanol–water partition coefficient (Wildman–Crippen LogP) is 4.66. The summed E-state index contributed by atoms with van der Waals surface area (Å²) in [6.45, 7) is 0. The summed E-state index contributed by atoms with van der Waals surface area (Å²) in [6.07, 6.45) is 6.18. The Kier molecular flexibility index (Phi) is 3.38. The van der Waals surface area contributed by atoms with Crippen LogP contribution in [0.4, 0.5) is 5.69 Å². The molecule has 114 valence electrons. The van der Waals surface area contributed by atoms with E-state index in [1.165, 1.54) is 30.5 Å². The van der Waals surface area contributed by atoms with E-state index in [-0.39, 0.29) is 5.69 Å². The van der Waals surface area contributed by atoms with Crippen molar-refractivity contribution in [3.63, 3.8) is 0 Å². The third-order valence-corrected chi connectivity index (χ3v) is 4.86. The first-order valence-electron chi connectivity index (χ1n) is 7.37. The van der Waals surface area contributed by atoms with Crippen molar-refractivity contribution in [2.75, 3.05) is 0 Å². The molecule has 2 aromatic heterocycles. The van der Waals surface area contributed by atoms with Crippen LogP contribution in [0.3, 0.4) is 0 Å². The van der Waals surface area contributed by atoms with Crippen molar-refractivity contribution in [3.05, 3.63) is 63.8 Å². The minimum atomic E-state index is -0.395. The predicted molar refractivity (Wildman–Crippen MR) is 89.4 cm³/mol. The molecule has 2 heterocycles. The molecule has 1 aromatic carbocycles. The molecule has 0 N–H and O–H groups in total. The lowest BCUT2D eigenvalue weighted by Gasteiger charge is -2.04. The zero-order valence-corrected chi connectivity index (χ0v) is 13.0. The van der Waals surface area contributed by atoms with Crippen molar-refractivity contribution in [2.45, 2.75) is 18.8 Å². The first-order valence-corrected chi connectivity index (χ1v) is 8.25. The summed E-state index contributed by atoms with van der Waals surface area (Å²) < 4.78 is 0. The Morgan fingerprint density at radius 3 is 2.65 bits per heavy atom. The van der Waals surface area contributed by atoms with E-state index in [0.29, 0.717) is 5.92 Å². The quantitative estimate of drug-likeness (QED) is 0.517. The van der Waals surface area contributed by atoms with Gasteiger partial charge in [-0.15, -0.1) is 11.3 Å². The topological polar surface area (TPSA) is 68.9 Å². The SMILES string of the molecule is O=[N+]([O-])c1ccc(-c2csc(-c3cnccc3C3CC3)n2)cc1. The molecule has 1 saturated carbocycles. The lowest BCUT2D eigenvalue weighted by molar-refractivity contribution is -0.384. The van der Waals surface area contributed by atoms with Crippen molar-refractivity contribution in [3.8, 4) is 21.8 Å². The van der Waals surface area contributed by atoms with Crippen molar-refractivity contribution < 1.29 is 4.92 Å². The highest BCUT2D eigenvalue weighted by Crippen LogP contribution is 2.44. The molecule has 4 rings (SSSR count). The van der Waals surface area contributed by atoms with E-state index in [0.717, 1.165) is 21.8 Å². The van der Waals surface area contributed by atoms with Gasteiger partial charge in [-0.05, 0) is 42.5 Å². The van der Waals surface area contributed by atoms with Crippen LogP contribution in [-0.2, 0) is 0 Å². The van der Waals surface area contributed by atoms with Gasteiger partial charge in [0.05, 0.1) is 10.6 Å². The summed E-state index contributed by atoms with van der Waals surface area (Å²) in [6, 6.07) is 8.58. The van der Waals surface area contributed by atoms with Crippen molar-refractivity contribution in [1.29, 1.82) is 0 Å². The molecule has 0 unspecified atom stereocenters. The molecule has 6 heteroatoms. The fourth-order valence-electron chi connectivity index (χ4n) is 2.62. The number of aromatic nitrogens is 2. The Balaban J connectivity index is 1.68. The number of rotatable bonds is 4. The molecule has 0 saturated heterocycles. The minimum absolute atomic E-state index is 0.0903. The minimum Gasteiger partial charge on any atom is -0.264 e. The number of non-ortho nitro benzene ring substituents is 1. The highest BCUT2D eigenvalue weighted by Gasteiger charge is 2.27. The van der Waals surface area contributed by atoms with E-state index in [1.807, 2.05) is 17.8 Å². The standard InChI is InChI=1S/C17H13N3O2S/c21-20(22)13-5-3-12(4-6-13)16-10-23-17(19-16)15-9-18-8-7-14(15)11-1-2-11/h3-11H,1-2H2. The summed E-state index contributed by atoms with van der Waals surface area (Å²) >= 11 is 1.58. The second-order valence-corrected chi connectivity index (χ2v) is 6.44. The number of nitro groups is 1. The maximum absolute atomic E-state index is 10.7. The Labute approximate surface area is 136 Å². The number of nitro benzene ring substituents is 1. The summed E-state index contributed by atoms with van der Waals surface area (Å²) in [4.78, 5) is 19.3. The van der Waals surface area contributed by atoms with Crippen LogP contribution < -0.4 is 0 Å². The third kappa shape index (κ3) is 2.73. The smallest absolute Gasteiger partial charge is 0.264 e. The van der Waals surface area contributed by atoms with Gasteiger partial charge in [-0.2, -0.15) is 0 Å². The lowest BCUT2D eigenvalue weighted by atomic mass is 10.1. The van der Waals surface area contributed by atoms with Crippen LogP contribution in [-0.4, -0.2) is 14.9 Å². The molecule has 0 amide bonds. The molecule has 0 spiro atoms. The van der Waals surface area contributed by atoms with Gasteiger partial charge in [-0.1, -0.05) is 0 Å². The summed E-state index contributed by atoms with van der Waals surface area (Å²) in [5.74, 6) is 0.639. The lowest BCUT2D eigenvalue weighted by Crippen LogP contribution is -1.89. The zero-order chi connectivity index (χ0) is 15.8. The molecule has 1 aliphatic carbocycles. The molecule has 3 aromatic rings. The number of nitrogens with zero attached hydrogens (tertiary/aromatic N) is 3. The van der Waals surface area contributed by atoms with E-state index >= 15 is 0 Å². The van der Waals surface area contributed by atoms with Crippen LogP contribution in [0, 0.1) is 10.1 Å². The normalized spacial score (nSPS) is 13.9. The molecule has 0 aliphatic heterocycles. The van der Waals surface area contributed by atoms with Crippen LogP contribution >= 0.6 is 11.3 Å². The molecular weight excluding hydrogens is 310 g/mol. The molecule has 23 heavy (non-hydrogen) atoms. The van der Waals surface area contributed by atoms with Gasteiger partial charge in [0.25, 0.3) is 5.69 Å². The van der Waals surface area contributed by atoms with E-state index in [1.54, 1.807) is 23.5 Å². The Hall–Kier alpha value is -2.60. The number of hydrogen-bond donors (Lipinski definition) is 0. The number of thiazole rings is 1. The summed E-state index contributed by atoms with van der Waals surface area (Å²) in [5.41, 5.74) is 4.24. The van der Waals surface area contributed by atoms with Gasteiger partial charge in [0, 0.05) is 41.0 Å². The van der Waals surface area contributed by atoms with Crippen molar-refractivity contribution >= 4 is 17.0 Å². The first-order chi connectivity index (χ1) is 11.2. The average molecular weight is 323 g/mol. The van der Waals surface area contributed by atoms with Crippen LogP contribution in [0.2, 0.25) is 0 Å². The first kappa shape index (κ1) is 14.0. The fourth-order valence-corrected chi connectivity index (χ4v) is 3.48. The van der Waals surface area contributed by atoms with Gasteiger partial charge >= 0.3 is 0 Å². The van der Waals surface area contributed by atoms with E-state index in [4.69, 9.17) is 4.98 Å². The maximum Gasteiger partial charge on any atom is 0.269 e. The molecule has 0 bridgehead atoms. The van der Waals surface area contributed by atoms with E-state index < -0.39 is 4.92 Å². The molecule has 0 atom stereocenters. The van der Waals surface area contributed by atoms with Crippen molar-refractivity contribution in [2.24, 2.45) is 0 Å². The zero-order valence-electron chi connectivity index (χ0n) is 12.2. The van der Waals surface area contributed by atoms with Gasteiger partial charge in [-0.25, -0.2) is 4.98 Å². The number of hydrogen-bond acceptors (Lipinski definition) is 5. The highest BCUT2D eigenvalue weighted by atomic mass is 32.1. The molecule has 1 aliphatic rings. The van der Waals surface area contributed by atoms with E-state index in [9.17, 15) is 10.1 Å². The number of benzene rings is 1. The van der Waals surface area contributed by atoms with Gasteiger partial charge in [0.2, 0.25) is 0 Å². The van der Waals surface area contributed by atoms with Crippen LogP contribution in [0.25, 0.3) is 21.8 Å². The Morgan fingerprint density at radius 1 is 1.17 bits per heavy atom. The maximum atomic E-state index is 10.7. The van der Waals surface area contributed by atoms with Crippen LogP contribution in [0.15, 0.2) is 48.1 Å². The third-order valence-electron chi connectivity index (χ3n) is 3.98. The molecule has 5 nitrogen and oxygen atoms in total. The molecule has 0 radical (unpaired) electrons.